The van der Waals surface area contributed by atoms with Gasteiger partial charge in [-0.3, -0.25) is 14.4 Å². The zero-order valence-electron chi connectivity index (χ0n) is 31.0. The molecule has 0 amide bonds. The normalized spacial score (nSPS) is 18.5. The molecule has 1 fully saturated rings. The average Bonchev–Trinajstić information content (AvgIpc) is 3.79. The van der Waals surface area contributed by atoms with Gasteiger partial charge in [-0.05, 0) is 98.2 Å². The third kappa shape index (κ3) is 6.28. The lowest BCUT2D eigenvalue weighted by atomic mass is 9.64. The quantitative estimate of drug-likeness (QED) is 0.161. The third-order valence-corrected chi connectivity index (χ3v) is 10.9. The number of aromatic amines is 3. The number of carboxylic acid groups (broad SMARTS) is 1. The molecule has 0 saturated carbocycles. The topological polar surface area (TPSA) is 176 Å². The van der Waals surface area contributed by atoms with Crippen LogP contribution in [0.1, 0.15) is 75.9 Å². The first kappa shape index (κ1) is 36.7. The van der Waals surface area contributed by atoms with E-state index in [0.717, 1.165) is 66.7 Å². The minimum Gasteiger partial charge on any atom is -0.481 e. The minimum atomic E-state index is -1.11. The smallest absolute Gasteiger partial charge is 0.334 e. The summed E-state index contributed by atoms with van der Waals surface area (Å²) in [5.41, 5.74) is 9.51. The number of hydrogen-bond donors (Lipinski definition) is 5. The second kappa shape index (κ2) is 14.2. The van der Waals surface area contributed by atoms with Crippen LogP contribution in [0.2, 0.25) is 0 Å². The maximum absolute atomic E-state index is 13.7. The molecule has 2 atom stereocenters. The van der Waals surface area contributed by atoms with Gasteiger partial charge < -0.3 is 39.6 Å². The fraction of sp³-hybridized carbons (Fsp3) is 0.317. The second-order valence-corrected chi connectivity index (χ2v) is 13.7. The van der Waals surface area contributed by atoms with Gasteiger partial charge in [0, 0.05) is 63.3 Å². The van der Waals surface area contributed by atoms with E-state index in [9.17, 15) is 24.3 Å². The van der Waals surface area contributed by atoms with Crippen molar-refractivity contribution < 1.29 is 38.5 Å². The number of carbonyl (C=O) groups excluding carboxylic acids is 3. The number of allylic oxidation sites excluding steroid dienone is 4. The van der Waals surface area contributed by atoms with Crippen LogP contribution in [0.15, 0.2) is 41.3 Å². The van der Waals surface area contributed by atoms with Crippen molar-refractivity contribution in [2.45, 2.75) is 53.4 Å². The first-order chi connectivity index (χ1) is 25.3. The van der Waals surface area contributed by atoms with Crippen LogP contribution < -0.4 is 16.0 Å². The molecule has 0 spiro atoms. The first-order valence-corrected chi connectivity index (χ1v) is 17.3. The van der Waals surface area contributed by atoms with Gasteiger partial charge in [-0.2, -0.15) is 0 Å². The Hall–Kier alpha value is -6.04. The molecule has 5 N–H and O–H groups in total. The van der Waals surface area contributed by atoms with Crippen LogP contribution in [0.3, 0.4) is 0 Å². The molecule has 0 unspecified atom stereocenters. The molecule has 0 aromatic carbocycles. The van der Waals surface area contributed by atoms with Crippen molar-refractivity contribution in [3.05, 3.63) is 108 Å². The van der Waals surface area contributed by atoms with E-state index in [4.69, 9.17) is 14.2 Å². The highest BCUT2D eigenvalue weighted by molar-refractivity contribution is 5.98. The van der Waals surface area contributed by atoms with Crippen molar-refractivity contribution in [3.63, 3.8) is 0 Å². The van der Waals surface area contributed by atoms with Gasteiger partial charge in [0.25, 0.3) is 0 Å². The van der Waals surface area contributed by atoms with Gasteiger partial charge in [0.15, 0.2) is 0 Å². The molecule has 1 saturated heterocycles. The standard InChI is InChI=1S/C41H44N4O8/c1-9-23-20(2)29-17-34-27-13-10-26(39(49)52-7)38(40(50)53-8)41(27,5)35(45-34)19-30-22(4)25(12-15-37(48)51-6)33(44-30)18-32-24(11-14-36(46)47)21(3)28(43-32)16-31(23)42-29/h9-10,13,16-19,38,42-45H,1,11-12,14-15H2,2-8H3,(H,46,47)/t38-,41-/m0/s1. The van der Waals surface area contributed by atoms with E-state index in [0.29, 0.717) is 29.9 Å². The fourth-order valence-corrected chi connectivity index (χ4v) is 7.86. The molecule has 3 aliphatic rings. The molecule has 12 heteroatoms. The number of ether oxygens (including phenoxy) is 3. The Morgan fingerprint density at radius 1 is 0.792 bits per heavy atom. The lowest BCUT2D eigenvalue weighted by Gasteiger charge is -2.36. The van der Waals surface area contributed by atoms with Gasteiger partial charge >= 0.3 is 23.9 Å². The monoisotopic (exact) mass is 720 g/mol. The summed E-state index contributed by atoms with van der Waals surface area (Å²) in [5.74, 6) is -3.55. The van der Waals surface area contributed by atoms with Crippen LogP contribution in [0.4, 0.5) is 0 Å². The molecule has 276 valence electrons. The third-order valence-electron chi connectivity index (χ3n) is 10.9. The van der Waals surface area contributed by atoms with Crippen molar-refractivity contribution in [1.82, 2.24) is 20.3 Å². The number of nitrogens with one attached hydrogen (secondary N) is 4. The predicted octanol–water partition coefficient (Wildman–Crippen LogP) is 4.15. The zero-order chi connectivity index (χ0) is 38.4. The predicted molar refractivity (Wildman–Crippen MR) is 200 cm³/mol. The second-order valence-electron chi connectivity index (χ2n) is 13.7. The number of esters is 3. The molecule has 5 heterocycles. The SMILES string of the molecule is C=Cc1c2[nH]c(c1C)C=C1NC(=Cc3[nH]c(c(CCC(=O)OC)c3C)C=c3[nH]c(c(C)c3CCC(=O)O)=C2)[C@]2(C)C1=CC=C(C(=O)OC)[C@H]2C(=O)OC. The van der Waals surface area contributed by atoms with Crippen LogP contribution in [0.5, 0.6) is 0 Å². The van der Waals surface area contributed by atoms with Crippen molar-refractivity contribution in [2.24, 2.45) is 11.3 Å². The summed E-state index contributed by atoms with van der Waals surface area (Å²) in [4.78, 5) is 61.6. The number of carbonyl (C=O) groups is 4. The highest BCUT2D eigenvalue weighted by Crippen LogP contribution is 2.55. The van der Waals surface area contributed by atoms with Crippen molar-refractivity contribution in [1.29, 1.82) is 0 Å². The zero-order valence-corrected chi connectivity index (χ0v) is 31.0. The Labute approximate surface area is 306 Å². The molecule has 6 rings (SSSR count). The molecule has 3 aromatic heterocycles. The van der Waals surface area contributed by atoms with Crippen LogP contribution in [-0.2, 0) is 46.2 Å². The maximum atomic E-state index is 13.7. The summed E-state index contributed by atoms with van der Waals surface area (Å²) in [5, 5.41) is 14.8. The lowest BCUT2D eigenvalue weighted by molar-refractivity contribution is -0.150. The van der Waals surface area contributed by atoms with E-state index in [1.54, 1.807) is 12.2 Å². The van der Waals surface area contributed by atoms with Crippen LogP contribution in [0, 0.1) is 32.1 Å². The Morgan fingerprint density at radius 2 is 1.47 bits per heavy atom. The van der Waals surface area contributed by atoms with Crippen LogP contribution in [-0.4, -0.2) is 65.3 Å². The molecule has 2 aliphatic heterocycles. The van der Waals surface area contributed by atoms with E-state index >= 15 is 0 Å². The highest BCUT2D eigenvalue weighted by atomic mass is 16.5. The van der Waals surface area contributed by atoms with Gasteiger partial charge in [-0.15, -0.1) is 0 Å². The summed E-state index contributed by atoms with van der Waals surface area (Å²) in [6, 6.07) is 0. The first-order valence-electron chi connectivity index (χ1n) is 17.3. The largest absolute Gasteiger partial charge is 0.481 e. The number of aromatic nitrogens is 3. The lowest BCUT2D eigenvalue weighted by Crippen LogP contribution is -2.40. The van der Waals surface area contributed by atoms with E-state index in [1.165, 1.54) is 21.3 Å². The van der Waals surface area contributed by atoms with E-state index in [-0.39, 0.29) is 24.4 Å². The molecule has 8 bridgehead atoms. The molecule has 1 aliphatic carbocycles. The summed E-state index contributed by atoms with van der Waals surface area (Å²) in [6.45, 7) is 11.9. The average molecular weight is 721 g/mol. The van der Waals surface area contributed by atoms with E-state index in [1.807, 2.05) is 58.1 Å². The number of methoxy groups -OCH3 is 3. The highest BCUT2D eigenvalue weighted by Gasteiger charge is 2.55. The number of H-pyrrole nitrogens is 3. The van der Waals surface area contributed by atoms with Crippen molar-refractivity contribution >= 4 is 54.3 Å². The molecule has 0 radical (unpaired) electrons. The molecular weight excluding hydrogens is 676 g/mol. The minimum absolute atomic E-state index is 0.0595. The maximum Gasteiger partial charge on any atom is 0.334 e. The van der Waals surface area contributed by atoms with Crippen LogP contribution in [0.25, 0.3) is 30.4 Å². The summed E-state index contributed by atoms with van der Waals surface area (Å²) in [7, 11) is 3.92. The van der Waals surface area contributed by atoms with E-state index in [2.05, 4.69) is 26.8 Å². The van der Waals surface area contributed by atoms with Gasteiger partial charge in [0.1, 0.15) is 5.92 Å². The summed E-state index contributed by atoms with van der Waals surface area (Å²) >= 11 is 0. The molecule has 53 heavy (non-hydrogen) atoms. The Balaban J connectivity index is 1.72. The molecule has 3 aromatic rings. The number of carboxylic acids is 1. The number of aliphatic carboxylic acids is 1. The number of fused-ring (bicyclic) bond motifs is 11. The van der Waals surface area contributed by atoms with E-state index < -0.39 is 29.2 Å². The number of rotatable bonds is 9. The summed E-state index contributed by atoms with van der Waals surface area (Å²) in [6.07, 6.45) is 13.8. The van der Waals surface area contributed by atoms with Gasteiger partial charge in [-0.25, -0.2) is 4.79 Å². The summed E-state index contributed by atoms with van der Waals surface area (Å²) < 4.78 is 15.4. The van der Waals surface area contributed by atoms with Gasteiger partial charge in [0.05, 0.1) is 32.3 Å². The van der Waals surface area contributed by atoms with Gasteiger partial charge in [0.2, 0.25) is 0 Å². The number of hydrogen-bond acceptors (Lipinski definition) is 8. The van der Waals surface area contributed by atoms with Crippen molar-refractivity contribution in [3.8, 4) is 0 Å². The Bertz CT molecular complexity index is 2340. The van der Waals surface area contributed by atoms with Crippen molar-refractivity contribution in [2.75, 3.05) is 21.3 Å². The Morgan fingerprint density at radius 3 is 2.13 bits per heavy atom. The van der Waals surface area contributed by atoms with Gasteiger partial charge in [-0.1, -0.05) is 24.8 Å². The molecule has 12 nitrogen and oxygen atoms in total. The van der Waals surface area contributed by atoms with Crippen LogP contribution >= 0.6 is 0 Å². The fourth-order valence-electron chi connectivity index (χ4n) is 7.86. The Kier molecular flexibility index (Phi) is 9.83. The molecular formula is C41H44N4O8.